The number of nitrogens with one attached hydrogen (secondary N) is 1. The van der Waals surface area contributed by atoms with Crippen molar-refractivity contribution < 1.29 is 4.74 Å². The Hall–Kier alpha value is -1.03. The van der Waals surface area contributed by atoms with Crippen molar-refractivity contribution in [1.29, 1.82) is 0 Å². The van der Waals surface area contributed by atoms with Crippen LogP contribution in [0.2, 0.25) is 0 Å². The second kappa shape index (κ2) is 6.53. The smallest absolute Gasteiger partial charge is 0.203 e. The van der Waals surface area contributed by atoms with Gasteiger partial charge < -0.3 is 14.6 Å². The summed E-state index contributed by atoms with van der Waals surface area (Å²) in [7, 11) is 1.73. The first kappa shape index (κ1) is 13.0. The molecule has 0 bridgehead atoms. The van der Waals surface area contributed by atoms with Crippen molar-refractivity contribution in [2.45, 2.75) is 46.2 Å². The number of imidazole rings is 1. The quantitative estimate of drug-likeness (QED) is 0.724. The van der Waals surface area contributed by atoms with E-state index in [0.29, 0.717) is 6.04 Å². The summed E-state index contributed by atoms with van der Waals surface area (Å²) in [6.45, 7) is 8.11. The van der Waals surface area contributed by atoms with E-state index in [9.17, 15) is 0 Å². The SMILES string of the molecule is CCC(C)Nc1nc(C)cn1CCCOC. The molecule has 0 saturated heterocycles. The summed E-state index contributed by atoms with van der Waals surface area (Å²) in [4.78, 5) is 4.49. The molecule has 1 heterocycles. The fourth-order valence-corrected chi connectivity index (χ4v) is 1.53. The molecule has 0 aromatic carbocycles. The Kier molecular flexibility index (Phi) is 5.32. The normalized spacial score (nSPS) is 12.8. The fourth-order valence-electron chi connectivity index (χ4n) is 1.53. The van der Waals surface area contributed by atoms with Gasteiger partial charge >= 0.3 is 0 Å². The van der Waals surface area contributed by atoms with E-state index in [0.717, 1.165) is 37.6 Å². The third-order valence-corrected chi connectivity index (χ3v) is 2.63. The number of aromatic nitrogens is 2. The molecular weight excluding hydrogens is 202 g/mol. The Labute approximate surface area is 98.0 Å². The zero-order chi connectivity index (χ0) is 12.0. The van der Waals surface area contributed by atoms with E-state index in [1.165, 1.54) is 0 Å². The minimum atomic E-state index is 0.461. The molecule has 0 aliphatic carbocycles. The topological polar surface area (TPSA) is 39.1 Å². The van der Waals surface area contributed by atoms with Gasteiger partial charge in [0.2, 0.25) is 5.95 Å². The molecule has 0 aliphatic rings. The van der Waals surface area contributed by atoms with Crippen molar-refractivity contribution in [2.75, 3.05) is 19.0 Å². The molecule has 1 N–H and O–H groups in total. The lowest BCUT2D eigenvalue weighted by molar-refractivity contribution is 0.190. The fraction of sp³-hybridized carbons (Fsp3) is 0.750. The van der Waals surface area contributed by atoms with Crippen molar-refractivity contribution in [3.8, 4) is 0 Å². The molecule has 4 heteroatoms. The standard InChI is InChI=1S/C12H23N3O/c1-5-10(2)13-12-14-11(3)9-15(12)7-6-8-16-4/h9-10H,5-8H2,1-4H3,(H,13,14). The number of hydrogen-bond acceptors (Lipinski definition) is 3. The number of anilines is 1. The van der Waals surface area contributed by atoms with Crippen LogP contribution in [0.25, 0.3) is 0 Å². The Morgan fingerprint density at radius 3 is 2.94 bits per heavy atom. The highest BCUT2D eigenvalue weighted by molar-refractivity contribution is 5.29. The van der Waals surface area contributed by atoms with Gasteiger partial charge in [-0.1, -0.05) is 6.92 Å². The van der Waals surface area contributed by atoms with Gasteiger partial charge in [-0.05, 0) is 26.7 Å². The van der Waals surface area contributed by atoms with Crippen LogP contribution in [0.4, 0.5) is 5.95 Å². The molecule has 0 aliphatic heterocycles. The summed E-state index contributed by atoms with van der Waals surface area (Å²) < 4.78 is 7.23. The Morgan fingerprint density at radius 2 is 2.31 bits per heavy atom. The van der Waals surface area contributed by atoms with Crippen LogP contribution in [-0.4, -0.2) is 29.3 Å². The van der Waals surface area contributed by atoms with Gasteiger partial charge in [-0.15, -0.1) is 0 Å². The van der Waals surface area contributed by atoms with Crippen LogP contribution in [-0.2, 0) is 11.3 Å². The van der Waals surface area contributed by atoms with Gasteiger partial charge in [0.05, 0.1) is 5.69 Å². The zero-order valence-corrected chi connectivity index (χ0v) is 10.8. The maximum absolute atomic E-state index is 5.06. The Bertz CT molecular complexity index is 309. The van der Waals surface area contributed by atoms with Gasteiger partial charge in [0, 0.05) is 32.5 Å². The van der Waals surface area contributed by atoms with Crippen molar-refractivity contribution in [3.63, 3.8) is 0 Å². The molecule has 0 fully saturated rings. The Morgan fingerprint density at radius 1 is 1.56 bits per heavy atom. The van der Waals surface area contributed by atoms with Crippen LogP contribution in [0.15, 0.2) is 6.20 Å². The summed E-state index contributed by atoms with van der Waals surface area (Å²) in [6.07, 6.45) is 4.20. The van der Waals surface area contributed by atoms with Crippen LogP contribution in [0.1, 0.15) is 32.4 Å². The monoisotopic (exact) mass is 225 g/mol. The average molecular weight is 225 g/mol. The highest BCUT2D eigenvalue weighted by Gasteiger charge is 2.07. The predicted molar refractivity (Wildman–Crippen MR) is 66.8 cm³/mol. The van der Waals surface area contributed by atoms with E-state index in [4.69, 9.17) is 4.74 Å². The largest absolute Gasteiger partial charge is 0.385 e. The molecule has 92 valence electrons. The van der Waals surface area contributed by atoms with Crippen LogP contribution in [0, 0.1) is 6.92 Å². The van der Waals surface area contributed by atoms with Gasteiger partial charge in [-0.25, -0.2) is 4.98 Å². The molecule has 4 nitrogen and oxygen atoms in total. The summed E-state index contributed by atoms with van der Waals surface area (Å²) >= 11 is 0. The van der Waals surface area contributed by atoms with Crippen LogP contribution >= 0.6 is 0 Å². The van der Waals surface area contributed by atoms with E-state index < -0.39 is 0 Å². The highest BCUT2D eigenvalue weighted by atomic mass is 16.5. The molecule has 1 aromatic rings. The lowest BCUT2D eigenvalue weighted by atomic mass is 10.3. The van der Waals surface area contributed by atoms with Crippen LogP contribution < -0.4 is 5.32 Å². The molecular formula is C12H23N3O. The first-order chi connectivity index (χ1) is 7.67. The number of methoxy groups -OCH3 is 1. The lowest BCUT2D eigenvalue weighted by Gasteiger charge is -2.14. The van der Waals surface area contributed by atoms with Gasteiger partial charge in [0.25, 0.3) is 0 Å². The third-order valence-electron chi connectivity index (χ3n) is 2.63. The van der Waals surface area contributed by atoms with E-state index >= 15 is 0 Å². The molecule has 0 amide bonds. The summed E-state index contributed by atoms with van der Waals surface area (Å²) in [5, 5.41) is 3.42. The second-order valence-corrected chi connectivity index (χ2v) is 4.20. The number of hydrogen-bond donors (Lipinski definition) is 1. The van der Waals surface area contributed by atoms with E-state index in [1.54, 1.807) is 7.11 Å². The third kappa shape index (κ3) is 3.85. The second-order valence-electron chi connectivity index (χ2n) is 4.20. The first-order valence-corrected chi connectivity index (χ1v) is 5.96. The number of nitrogens with zero attached hydrogens (tertiary/aromatic N) is 2. The van der Waals surface area contributed by atoms with Gasteiger partial charge in [-0.3, -0.25) is 0 Å². The molecule has 1 rings (SSSR count). The average Bonchev–Trinajstić information content (AvgIpc) is 2.59. The van der Waals surface area contributed by atoms with Gasteiger partial charge in [-0.2, -0.15) is 0 Å². The molecule has 16 heavy (non-hydrogen) atoms. The van der Waals surface area contributed by atoms with Gasteiger partial charge in [0.15, 0.2) is 0 Å². The molecule has 0 spiro atoms. The molecule has 1 aromatic heterocycles. The van der Waals surface area contributed by atoms with Gasteiger partial charge in [0.1, 0.15) is 0 Å². The lowest BCUT2D eigenvalue weighted by Crippen LogP contribution is -2.17. The van der Waals surface area contributed by atoms with Crippen LogP contribution in [0.3, 0.4) is 0 Å². The number of aryl methyl sites for hydroxylation is 2. The highest BCUT2D eigenvalue weighted by Crippen LogP contribution is 2.11. The first-order valence-electron chi connectivity index (χ1n) is 5.96. The minimum absolute atomic E-state index is 0.461. The number of ether oxygens (including phenoxy) is 1. The summed E-state index contributed by atoms with van der Waals surface area (Å²) in [6, 6.07) is 0.461. The predicted octanol–water partition coefficient (Wildman–Crippen LogP) is 2.44. The summed E-state index contributed by atoms with van der Waals surface area (Å²) in [5.74, 6) is 0.975. The Balaban J connectivity index is 2.60. The minimum Gasteiger partial charge on any atom is -0.385 e. The van der Waals surface area contributed by atoms with Crippen LogP contribution in [0.5, 0.6) is 0 Å². The van der Waals surface area contributed by atoms with E-state index in [1.807, 2.05) is 6.92 Å². The zero-order valence-electron chi connectivity index (χ0n) is 10.8. The van der Waals surface area contributed by atoms with Crippen molar-refractivity contribution in [2.24, 2.45) is 0 Å². The molecule has 1 atom stereocenters. The molecule has 1 unspecified atom stereocenters. The maximum Gasteiger partial charge on any atom is 0.203 e. The molecule has 0 saturated carbocycles. The van der Waals surface area contributed by atoms with Crippen molar-refractivity contribution >= 4 is 5.95 Å². The number of rotatable bonds is 7. The van der Waals surface area contributed by atoms with E-state index in [-0.39, 0.29) is 0 Å². The van der Waals surface area contributed by atoms with E-state index in [2.05, 4.69) is 34.9 Å². The maximum atomic E-state index is 5.06. The van der Waals surface area contributed by atoms with Crippen molar-refractivity contribution in [3.05, 3.63) is 11.9 Å². The van der Waals surface area contributed by atoms with Crippen molar-refractivity contribution in [1.82, 2.24) is 9.55 Å². The summed E-state index contributed by atoms with van der Waals surface area (Å²) in [5.41, 5.74) is 1.06. The molecule has 0 radical (unpaired) electrons.